The van der Waals surface area contributed by atoms with E-state index in [1.165, 1.54) is 49.7 Å². The van der Waals surface area contributed by atoms with Crippen LogP contribution in [0, 0.1) is 0 Å². The van der Waals surface area contributed by atoms with Gasteiger partial charge in [-0.3, -0.25) is 0 Å². The number of rotatable bonds is 1. The van der Waals surface area contributed by atoms with Gasteiger partial charge in [0.15, 0.2) is 0 Å². The van der Waals surface area contributed by atoms with Gasteiger partial charge < -0.3 is 4.74 Å². The van der Waals surface area contributed by atoms with Crippen molar-refractivity contribution in [3.8, 4) is 5.75 Å². The minimum atomic E-state index is 0.320. The molecule has 2 aliphatic rings. The zero-order valence-corrected chi connectivity index (χ0v) is 10.5. The molecular weight excluding hydrogens is 208 g/mol. The van der Waals surface area contributed by atoms with Gasteiger partial charge in [0.05, 0.1) is 7.11 Å². The summed E-state index contributed by atoms with van der Waals surface area (Å²) in [6.07, 6.45) is 12.9. The van der Waals surface area contributed by atoms with E-state index in [1.54, 1.807) is 7.11 Å². The summed E-state index contributed by atoms with van der Waals surface area (Å²) in [5, 5.41) is 0. The average molecular weight is 228 g/mol. The molecule has 0 atom stereocenters. The molecule has 2 aliphatic carbocycles. The molecule has 0 saturated heterocycles. The summed E-state index contributed by atoms with van der Waals surface area (Å²) in [6, 6.07) is 6.52. The standard InChI is InChI=1S/C16H20O/c1-17-14-7-6-13-8-11-16(15(13)12-14)9-4-2-3-5-10-16/h6-8,11-12H,2-5,9-10H2,1H3. The fourth-order valence-electron chi connectivity index (χ4n) is 3.37. The lowest BCUT2D eigenvalue weighted by Crippen LogP contribution is -2.20. The summed E-state index contributed by atoms with van der Waals surface area (Å²) < 4.78 is 5.38. The van der Waals surface area contributed by atoms with E-state index >= 15 is 0 Å². The smallest absolute Gasteiger partial charge is 0.119 e. The Balaban J connectivity index is 2.02. The van der Waals surface area contributed by atoms with Gasteiger partial charge in [0.25, 0.3) is 0 Å². The fourth-order valence-corrected chi connectivity index (χ4v) is 3.37. The molecule has 3 rings (SSSR count). The summed E-state index contributed by atoms with van der Waals surface area (Å²) in [5.74, 6) is 0.996. The number of benzene rings is 1. The Hall–Kier alpha value is -1.24. The fraction of sp³-hybridized carbons (Fsp3) is 0.500. The molecule has 0 N–H and O–H groups in total. The van der Waals surface area contributed by atoms with Gasteiger partial charge in [-0.2, -0.15) is 0 Å². The number of fused-ring (bicyclic) bond motifs is 2. The maximum absolute atomic E-state index is 5.38. The summed E-state index contributed by atoms with van der Waals surface area (Å²) in [5.41, 5.74) is 3.21. The monoisotopic (exact) mass is 228 g/mol. The van der Waals surface area contributed by atoms with Gasteiger partial charge in [-0.1, -0.05) is 43.9 Å². The van der Waals surface area contributed by atoms with Crippen molar-refractivity contribution in [3.05, 3.63) is 35.4 Å². The lowest BCUT2D eigenvalue weighted by Gasteiger charge is -2.28. The minimum Gasteiger partial charge on any atom is -0.497 e. The molecule has 0 heterocycles. The van der Waals surface area contributed by atoms with Crippen molar-refractivity contribution in [1.82, 2.24) is 0 Å². The van der Waals surface area contributed by atoms with Crippen LogP contribution in [0.5, 0.6) is 5.75 Å². The third kappa shape index (κ3) is 1.78. The highest BCUT2D eigenvalue weighted by atomic mass is 16.5. The van der Waals surface area contributed by atoms with Gasteiger partial charge >= 0.3 is 0 Å². The van der Waals surface area contributed by atoms with Crippen LogP contribution in [0.25, 0.3) is 6.08 Å². The quantitative estimate of drug-likeness (QED) is 0.695. The van der Waals surface area contributed by atoms with Gasteiger partial charge in [-0.25, -0.2) is 0 Å². The molecule has 1 aromatic carbocycles. The van der Waals surface area contributed by atoms with E-state index in [1.807, 2.05) is 0 Å². The first-order valence-corrected chi connectivity index (χ1v) is 6.72. The van der Waals surface area contributed by atoms with Crippen LogP contribution in [0.4, 0.5) is 0 Å². The first kappa shape index (κ1) is 10.9. The second-order valence-electron chi connectivity index (χ2n) is 5.36. The second kappa shape index (κ2) is 4.21. The average Bonchev–Trinajstić information content (AvgIpc) is 2.56. The maximum Gasteiger partial charge on any atom is 0.119 e. The van der Waals surface area contributed by atoms with E-state index in [0.29, 0.717) is 5.41 Å². The Labute approximate surface area is 103 Å². The zero-order valence-electron chi connectivity index (χ0n) is 10.5. The summed E-state index contributed by atoms with van der Waals surface area (Å²) in [4.78, 5) is 0. The number of hydrogen-bond acceptors (Lipinski definition) is 1. The van der Waals surface area contributed by atoms with Gasteiger partial charge in [0.2, 0.25) is 0 Å². The van der Waals surface area contributed by atoms with Crippen molar-refractivity contribution in [2.24, 2.45) is 0 Å². The summed E-state index contributed by atoms with van der Waals surface area (Å²) in [7, 11) is 1.75. The Kier molecular flexibility index (Phi) is 2.70. The van der Waals surface area contributed by atoms with Crippen LogP contribution in [0.15, 0.2) is 24.3 Å². The van der Waals surface area contributed by atoms with E-state index < -0.39 is 0 Å². The SMILES string of the molecule is COc1ccc2c(c1)C1(C=C2)CCCCCC1. The third-order valence-corrected chi connectivity index (χ3v) is 4.37. The lowest BCUT2D eigenvalue weighted by atomic mass is 9.76. The van der Waals surface area contributed by atoms with Gasteiger partial charge in [-0.15, -0.1) is 0 Å². The van der Waals surface area contributed by atoms with E-state index in [9.17, 15) is 0 Å². The van der Waals surface area contributed by atoms with E-state index in [0.717, 1.165) is 5.75 Å². The van der Waals surface area contributed by atoms with Crippen LogP contribution < -0.4 is 4.74 Å². The molecule has 0 bridgehead atoms. The normalized spacial score (nSPS) is 21.2. The first-order valence-electron chi connectivity index (χ1n) is 6.72. The molecule has 0 unspecified atom stereocenters. The molecule has 1 fully saturated rings. The van der Waals surface area contributed by atoms with Gasteiger partial charge in [0, 0.05) is 5.41 Å². The Morgan fingerprint density at radius 1 is 1.06 bits per heavy atom. The number of allylic oxidation sites excluding steroid dienone is 1. The molecule has 1 nitrogen and oxygen atoms in total. The molecule has 90 valence electrons. The number of methoxy groups -OCH3 is 1. The molecular formula is C16H20O. The molecule has 0 radical (unpaired) electrons. The molecule has 1 saturated carbocycles. The minimum absolute atomic E-state index is 0.320. The van der Waals surface area contributed by atoms with Crippen LogP contribution in [-0.2, 0) is 5.41 Å². The molecule has 1 aromatic rings. The first-order chi connectivity index (χ1) is 8.34. The van der Waals surface area contributed by atoms with Crippen LogP contribution in [0.2, 0.25) is 0 Å². The predicted molar refractivity (Wildman–Crippen MR) is 71.4 cm³/mol. The largest absolute Gasteiger partial charge is 0.497 e. The molecule has 17 heavy (non-hydrogen) atoms. The van der Waals surface area contributed by atoms with Crippen molar-refractivity contribution < 1.29 is 4.74 Å². The van der Waals surface area contributed by atoms with Crippen molar-refractivity contribution in [2.45, 2.75) is 43.9 Å². The van der Waals surface area contributed by atoms with E-state index in [4.69, 9.17) is 4.74 Å². The Morgan fingerprint density at radius 3 is 2.53 bits per heavy atom. The van der Waals surface area contributed by atoms with Crippen molar-refractivity contribution in [3.63, 3.8) is 0 Å². The summed E-state index contributed by atoms with van der Waals surface area (Å²) >= 11 is 0. The van der Waals surface area contributed by atoms with Crippen LogP contribution >= 0.6 is 0 Å². The van der Waals surface area contributed by atoms with E-state index in [2.05, 4.69) is 30.4 Å². The number of ether oxygens (including phenoxy) is 1. The van der Waals surface area contributed by atoms with Crippen molar-refractivity contribution in [2.75, 3.05) is 7.11 Å². The van der Waals surface area contributed by atoms with E-state index in [-0.39, 0.29) is 0 Å². The maximum atomic E-state index is 5.38. The molecule has 1 heteroatoms. The zero-order chi connectivity index (χ0) is 11.7. The molecule has 0 amide bonds. The molecule has 0 aromatic heterocycles. The predicted octanol–water partition coefficient (Wildman–Crippen LogP) is 4.31. The van der Waals surface area contributed by atoms with Gasteiger partial charge in [-0.05, 0) is 36.1 Å². The molecule has 0 aliphatic heterocycles. The number of hydrogen-bond donors (Lipinski definition) is 0. The highest BCUT2D eigenvalue weighted by Crippen LogP contribution is 2.46. The Morgan fingerprint density at radius 2 is 1.82 bits per heavy atom. The lowest BCUT2D eigenvalue weighted by molar-refractivity contribution is 0.410. The topological polar surface area (TPSA) is 9.23 Å². The second-order valence-corrected chi connectivity index (χ2v) is 5.36. The van der Waals surface area contributed by atoms with Crippen LogP contribution in [0.1, 0.15) is 49.7 Å². The third-order valence-electron chi connectivity index (χ3n) is 4.37. The van der Waals surface area contributed by atoms with Crippen molar-refractivity contribution >= 4 is 6.08 Å². The Bertz CT molecular complexity index is 437. The van der Waals surface area contributed by atoms with Crippen LogP contribution in [-0.4, -0.2) is 7.11 Å². The highest BCUT2D eigenvalue weighted by molar-refractivity contribution is 5.66. The summed E-state index contributed by atoms with van der Waals surface area (Å²) in [6.45, 7) is 0. The van der Waals surface area contributed by atoms with Crippen LogP contribution in [0.3, 0.4) is 0 Å². The highest BCUT2D eigenvalue weighted by Gasteiger charge is 2.35. The molecule has 1 spiro atoms. The van der Waals surface area contributed by atoms with Gasteiger partial charge in [0.1, 0.15) is 5.75 Å². The van der Waals surface area contributed by atoms with Crippen molar-refractivity contribution in [1.29, 1.82) is 0 Å².